The molecular formula is C24H34O2S. The van der Waals surface area contributed by atoms with E-state index in [-0.39, 0.29) is 17.6 Å². The van der Waals surface area contributed by atoms with Gasteiger partial charge in [-0.3, -0.25) is 0 Å². The Kier molecular flexibility index (Phi) is 4.38. The Hall–Kier alpha value is -0.640. The first kappa shape index (κ1) is 18.4. The van der Waals surface area contributed by atoms with Crippen LogP contribution in [0, 0.1) is 34.5 Å². The number of aliphatic hydroxyl groups is 2. The highest BCUT2D eigenvalue weighted by Crippen LogP contribution is 2.67. The molecule has 1 aromatic rings. The third-order valence-electron chi connectivity index (χ3n) is 9.38. The Morgan fingerprint density at radius 1 is 1.04 bits per heavy atom. The van der Waals surface area contributed by atoms with Crippen molar-refractivity contribution in [1.29, 1.82) is 0 Å². The van der Waals surface area contributed by atoms with Crippen LogP contribution >= 0.6 is 11.3 Å². The minimum atomic E-state index is -0.274. The van der Waals surface area contributed by atoms with Crippen molar-refractivity contribution in [1.82, 2.24) is 0 Å². The highest BCUT2D eigenvalue weighted by Gasteiger charge is 2.61. The number of fused-ring (bicyclic) bond motifs is 5. The lowest BCUT2D eigenvalue weighted by Gasteiger charge is -2.60. The summed E-state index contributed by atoms with van der Waals surface area (Å²) in [6, 6.07) is 4.26. The van der Waals surface area contributed by atoms with Crippen molar-refractivity contribution in [3.8, 4) is 0 Å². The second-order valence-electron chi connectivity index (χ2n) is 10.5. The van der Waals surface area contributed by atoms with E-state index in [0.29, 0.717) is 17.3 Å². The molecule has 4 aliphatic carbocycles. The van der Waals surface area contributed by atoms with Crippen LogP contribution in [0.5, 0.6) is 0 Å². The molecule has 8 unspecified atom stereocenters. The molecule has 4 fully saturated rings. The van der Waals surface area contributed by atoms with E-state index in [4.69, 9.17) is 0 Å². The third kappa shape index (κ3) is 2.72. The van der Waals surface area contributed by atoms with Gasteiger partial charge < -0.3 is 10.2 Å². The predicted molar refractivity (Wildman–Crippen MR) is 111 cm³/mol. The van der Waals surface area contributed by atoms with E-state index in [0.717, 1.165) is 37.5 Å². The third-order valence-corrected chi connectivity index (χ3v) is 10.2. The number of rotatable bonds is 1. The lowest BCUT2D eigenvalue weighted by atomic mass is 9.45. The molecule has 3 heteroatoms. The standard InChI is InChI=1S/C24H34O2S/c1-23-9-7-17(25)14-16(23)5-6-19-20(23)8-10-24(2)21(19)13-15(22(24)26)12-18-4-3-11-27-18/h3-4,11-12,16-17,19-22,25-26H,5-10,13-14H2,1-2H3/b15-12+. The molecule has 0 spiro atoms. The molecule has 4 aliphatic rings. The van der Waals surface area contributed by atoms with Gasteiger partial charge in [0.25, 0.3) is 0 Å². The van der Waals surface area contributed by atoms with E-state index in [1.54, 1.807) is 11.3 Å². The summed E-state index contributed by atoms with van der Waals surface area (Å²) in [6.07, 6.45) is 11.2. The smallest absolute Gasteiger partial charge is 0.0810 e. The normalized spacial score (nSPS) is 50.9. The number of aliphatic hydroxyl groups excluding tert-OH is 2. The van der Waals surface area contributed by atoms with Gasteiger partial charge in [0.2, 0.25) is 0 Å². The van der Waals surface area contributed by atoms with Crippen LogP contribution in [-0.4, -0.2) is 22.4 Å². The first-order valence-corrected chi connectivity index (χ1v) is 11.9. The predicted octanol–water partition coefficient (Wildman–Crippen LogP) is 5.51. The summed E-state index contributed by atoms with van der Waals surface area (Å²) in [5.41, 5.74) is 1.74. The van der Waals surface area contributed by atoms with E-state index in [1.807, 2.05) is 0 Å². The van der Waals surface area contributed by atoms with Crippen LogP contribution in [0.15, 0.2) is 23.1 Å². The molecule has 8 atom stereocenters. The molecule has 0 saturated heterocycles. The van der Waals surface area contributed by atoms with E-state index in [1.165, 1.54) is 36.1 Å². The first-order valence-electron chi connectivity index (χ1n) is 11.0. The van der Waals surface area contributed by atoms with Crippen LogP contribution in [0.25, 0.3) is 6.08 Å². The average Bonchev–Trinajstić information content (AvgIpc) is 3.24. The SMILES string of the molecule is CC12CCC(O)CC1CCC1C2CCC2(C)C(O)/C(=C/c3cccs3)CC12. The minimum Gasteiger partial charge on any atom is -0.393 e. The van der Waals surface area contributed by atoms with Crippen LogP contribution in [0.2, 0.25) is 0 Å². The van der Waals surface area contributed by atoms with Gasteiger partial charge in [-0.05, 0) is 104 Å². The van der Waals surface area contributed by atoms with Crippen molar-refractivity contribution in [3.63, 3.8) is 0 Å². The summed E-state index contributed by atoms with van der Waals surface area (Å²) in [5, 5.41) is 23.6. The Bertz CT molecular complexity index is 725. The maximum absolute atomic E-state index is 11.3. The molecule has 0 bridgehead atoms. The fourth-order valence-corrected chi connectivity index (χ4v) is 8.48. The molecule has 5 rings (SSSR count). The lowest BCUT2D eigenvalue weighted by molar-refractivity contribution is -0.133. The van der Waals surface area contributed by atoms with E-state index >= 15 is 0 Å². The Morgan fingerprint density at radius 2 is 1.85 bits per heavy atom. The molecule has 27 heavy (non-hydrogen) atoms. The zero-order valence-corrected chi connectivity index (χ0v) is 17.5. The molecule has 1 aromatic heterocycles. The number of thiophene rings is 1. The second kappa shape index (κ2) is 6.43. The second-order valence-corrected chi connectivity index (χ2v) is 11.5. The molecule has 0 aliphatic heterocycles. The van der Waals surface area contributed by atoms with Gasteiger partial charge in [0.15, 0.2) is 0 Å². The first-order chi connectivity index (χ1) is 12.9. The summed E-state index contributed by atoms with van der Waals surface area (Å²) >= 11 is 1.77. The van der Waals surface area contributed by atoms with Gasteiger partial charge in [-0.1, -0.05) is 19.9 Å². The average molecular weight is 387 g/mol. The van der Waals surface area contributed by atoms with Crippen LogP contribution in [-0.2, 0) is 0 Å². The lowest BCUT2D eigenvalue weighted by Crippen LogP contribution is -2.54. The van der Waals surface area contributed by atoms with Crippen LogP contribution < -0.4 is 0 Å². The van der Waals surface area contributed by atoms with Gasteiger partial charge in [-0.15, -0.1) is 11.3 Å². The van der Waals surface area contributed by atoms with E-state index in [2.05, 4.69) is 37.4 Å². The van der Waals surface area contributed by atoms with Gasteiger partial charge in [0.1, 0.15) is 0 Å². The fraction of sp³-hybridized carbons (Fsp3) is 0.750. The topological polar surface area (TPSA) is 40.5 Å². The quantitative estimate of drug-likeness (QED) is 0.668. The highest BCUT2D eigenvalue weighted by atomic mass is 32.1. The van der Waals surface area contributed by atoms with Crippen molar-refractivity contribution in [2.24, 2.45) is 34.5 Å². The number of hydrogen-bond acceptors (Lipinski definition) is 3. The van der Waals surface area contributed by atoms with Crippen molar-refractivity contribution in [2.75, 3.05) is 0 Å². The van der Waals surface area contributed by atoms with Crippen LogP contribution in [0.1, 0.15) is 70.1 Å². The fourth-order valence-electron chi connectivity index (χ4n) is 7.79. The molecule has 148 valence electrons. The molecule has 0 aromatic carbocycles. The summed E-state index contributed by atoms with van der Waals surface area (Å²) in [7, 11) is 0. The van der Waals surface area contributed by atoms with Gasteiger partial charge in [-0.2, -0.15) is 0 Å². The Balaban J connectivity index is 1.45. The Morgan fingerprint density at radius 3 is 2.63 bits per heavy atom. The van der Waals surface area contributed by atoms with Crippen molar-refractivity contribution >= 4 is 17.4 Å². The van der Waals surface area contributed by atoms with Crippen molar-refractivity contribution in [3.05, 3.63) is 28.0 Å². The van der Waals surface area contributed by atoms with E-state index in [9.17, 15) is 10.2 Å². The molecule has 1 heterocycles. The molecule has 4 saturated carbocycles. The highest BCUT2D eigenvalue weighted by molar-refractivity contribution is 7.10. The summed E-state index contributed by atoms with van der Waals surface area (Å²) < 4.78 is 0. The largest absolute Gasteiger partial charge is 0.393 e. The number of hydrogen-bond donors (Lipinski definition) is 2. The molecule has 0 amide bonds. The zero-order valence-electron chi connectivity index (χ0n) is 16.7. The van der Waals surface area contributed by atoms with Crippen LogP contribution in [0.3, 0.4) is 0 Å². The molecule has 2 nitrogen and oxygen atoms in total. The van der Waals surface area contributed by atoms with Crippen molar-refractivity contribution < 1.29 is 10.2 Å². The summed E-state index contributed by atoms with van der Waals surface area (Å²) in [5.74, 6) is 2.88. The van der Waals surface area contributed by atoms with Crippen molar-refractivity contribution in [2.45, 2.75) is 77.4 Å². The van der Waals surface area contributed by atoms with Crippen LogP contribution in [0.4, 0.5) is 0 Å². The summed E-state index contributed by atoms with van der Waals surface area (Å²) in [6.45, 7) is 4.91. The molecule has 0 radical (unpaired) electrons. The summed E-state index contributed by atoms with van der Waals surface area (Å²) in [4.78, 5) is 1.28. The van der Waals surface area contributed by atoms with Gasteiger partial charge in [0.05, 0.1) is 12.2 Å². The van der Waals surface area contributed by atoms with Gasteiger partial charge in [-0.25, -0.2) is 0 Å². The minimum absolute atomic E-state index is 0.0572. The maximum Gasteiger partial charge on any atom is 0.0810 e. The van der Waals surface area contributed by atoms with Gasteiger partial charge >= 0.3 is 0 Å². The molecule has 2 N–H and O–H groups in total. The van der Waals surface area contributed by atoms with Gasteiger partial charge in [0, 0.05) is 10.3 Å². The maximum atomic E-state index is 11.3. The van der Waals surface area contributed by atoms with E-state index < -0.39 is 0 Å². The Labute approximate surface area is 167 Å². The zero-order chi connectivity index (χ0) is 18.8. The monoisotopic (exact) mass is 386 g/mol. The molecular weight excluding hydrogens is 352 g/mol.